The number of hydrogen-bond donors (Lipinski definition) is 2. The van der Waals surface area contributed by atoms with Gasteiger partial charge in [0, 0.05) is 13.0 Å². The summed E-state index contributed by atoms with van der Waals surface area (Å²) >= 11 is 0. The van der Waals surface area contributed by atoms with Crippen LogP contribution in [0.1, 0.15) is 17.8 Å². The molecule has 0 aliphatic heterocycles. The van der Waals surface area contributed by atoms with Crippen LogP contribution in [0.5, 0.6) is 0 Å². The van der Waals surface area contributed by atoms with Crippen LogP contribution in [-0.4, -0.2) is 35.8 Å². The number of carbonyl (C=O) groups is 1. The van der Waals surface area contributed by atoms with Crippen molar-refractivity contribution >= 4 is 16.0 Å². The van der Waals surface area contributed by atoms with E-state index >= 15 is 0 Å². The molecule has 0 saturated heterocycles. The quantitative estimate of drug-likeness (QED) is 0.561. The van der Waals surface area contributed by atoms with Crippen molar-refractivity contribution in [2.75, 3.05) is 6.54 Å². The Morgan fingerprint density at radius 1 is 1.53 bits per heavy atom. The molecule has 1 aromatic heterocycles. The van der Waals surface area contributed by atoms with Crippen molar-refractivity contribution in [1.82, 2.24) is 14.5 Å². The van der Waals surface area contributed by atoms with Gasteiger partial charge in [-0.05, 0) is 13.8 Å². The Labute approximate surface area is 111 Å². The number of terminal acetylenes is 1. The second-order valence-corrected chi connectivity index (χ2v) is 5.61. The first-order chi connectivity index (χ1) is 8.79. The number of rotatable bonds is 6. The van der Waals surface area contributed by atoms with Crippen LogP contribution in [0.2, 0.25) is 0 Å². The molecule has 1 rings (SSSR count). The van der Waals surface area contributed by atoms with Crippen LogP contribution in [-0.2, 0) is 21.4 Å². The third-order valence-electron chi connectivity index (χ3n) is 2.43. The van der Waals surface area contributed by atoms with Crippen molar-refractivity contribution in [3.63, 3.8) is 0 Å². The summed E-state index contributed by atoms with van der Waals surface area (Å²) in [5, 5.41) is 12.6. The van der Waals surface area contributed by atoms with Crippen molar-refractivity contribution < 1.29 is 18.3 Å². The molecule has 2 N–H and O–H groups in total. The van der Waals surface area contributed by atoms with Crippen molar-refractivity contribution in [3.05, 3.63) is 11.4 Å². The number of aryl methyl sites for hydroxylation is 1. The number of carboxylic acids is 1. The molecule has 0 saturated carbocycles. The van der Waals surface area contributed by atoms with Gasteiger partial charge in [-0.15, -0.1) is 12.3 Å². The molecule has 0 spiro atoms. The van der Waals surface area contributed by atoms with Crippen LogP contribution in [0.15, 0.2) is 4.90 Å². The predicted octanol–water partition coefficient (Wildman–Crippen LogP) is -0.114. The summed E-state index contributed by atoms with van der Waals surface area (Å²) in [6, 6.07) is 0. The van der Waals surface area contributed by atoms with E-state index in [4.69, 9.17) is 11.5 Å². The molecular weight excluding hydrogens is 270 g/mol. The molecule has 104 valence electrons. The van der Waals surface area contributed by atoms with E-state index in [1.54, 1.807) is 0 Å². The first-order valence-corrected chi connectivity index (χ1v) is 6.97. The average molecular weight is 285 g/mol. The van der Waals surface area contributed by atoms with Gasteiger partial charge < -0.3 is 5.11 Å². The van der Waals surface area contributed by atoms with Crippen molar-refractivity contribution in [2.45, 2.75) is 31.7 Å². The summed E-state index contributed by atoms with van der Waals surface area (Å²) in [5.74, 6) is 1.24. The number of hydrogen-bond acceptors (Lipinski definition) is 4. The maximum absolute atomic E-state index is 12.1. The molecule has 0 aromatic carbocycles. The lowest BCUT2D eigenvalue weighted by atomic mass is 10.4. The van der Waals surface area contributed by atoms with E-state index in [0.717, 1.165) is 4.68 Å². The summed E-state index contributed by atoms with van der Waals surface area (Å²) < 4.78 is 27.6. The third kappa shape index (κ3) is 3.56. The summed E-state index contributed by atoms with van der Waals surface area (Å²) in [7, 11) is -3.73. The van der Waals surface area contributed by atoms with E-state index < -0.39 is 16.0 Å². The first kappa shape index (κ1) is 15.2. The predicted molar refractivity (Wildman–Crippen MR) is 68.0 cm³/mol. The van der Waals surface area contributed by atoms with Crippen LogP contribution in [0.3, 0.4) is 0 Å². The molecule has 0 radical (unpaired) electrons. The van der Waals surface area contributed by atoms with Crippen LogP contribution in [0, 0.1) is 26.2 Å². The summed E-state index contributed by atoms with van der Waals surface area (Å²) in [6.45, 7) is 2.77. The van der Waals surface area contributed by atoms with Gasteiger partial charge in [0.2, 0.25) is 10.0 Å². The third-order valence-corrected chi connectivity index (χ3v) is 4.14. The molecule has 0 aliphatic rings. The Kier molecular flexibility index (Phi) is 4.69. The fourth-order valence-electron chi connectivity index (χ4n) is 1.68. The van der Waals surface area contributed by atoms with E-state index in [1.807, 2.05) is 0 Å². The zero-order chi connectivity index (χ0) is 14.6. The number of carboxylic acid groups (broad SMARTS) is 1. The van der Waals surface area contributed by atoms with Crippen LogP contribution >= 0.6 is 0 Å². The van der Waals surface area contributed by atoms with Gasteiger partial charge in [0.05, 0.1) is 11.4 Å². The topological polar surface area (TPSA) is 101 Å². The van der Waals surface area contributed by atoms with E-state index in [1.165, 1.54) is 13.8 Å². The highest BCUT2D eigenvalue weighted by molar-refractivity contribution is 7.89. The van der Waals surface area contributed by atoms with Crippen molar-refractivity contribution in [1.29, 1.82) is 0 Å². The highest BCUT2D eigenvalue weighted by atomic mass is 32.2. The Bertz CT molecular complexity index is 625. The van der Waals surface area contributed by atoms with Crippen LogP contribution in [0.4, 0.5) is 0 Å². The van der Waals surface area contributed by atoms with Gasteiger partial charge in [-0.2, -0.15) is 5.10 Å². The van der Waals surface area contributed by atoms with E-state index in [-0.39, 0.29) is 35.8 Å². The van der Waals surface area contributed by atoms with E-state index in [9.17, 15) is 13.2 Å². The summed E-state index contributed by atoms with van der Waals surface area (Å²) in [5.41, 5.74) is 0.542. The molecule has 8 heteroatoms. The standard InChI is InChI=1S/C11H15N3O4S/c1-4-5-6-12-19(17,18)11-8(2)13-14(9(11)3)7-10(15)16/h1,12H,5-7H2,2-3H3,(H,15,16). The molecule has 1 aromatic rings. The zero-order valence-corrected chi connectivity index (χ0v) is 11.5. The first-order valence-electron chi connectivity index (χ1n) is 5.48. The SMILES string of the molecule is C#CCCNS(=O)(=O)c1c(C)nn(CC(=O)O)c1C. The Morgan fingerprint density at radius 2 is 2.16 bits per heavy atom. The summed E-state index contributed by atoms with van der Waals surface area (Å²) in [4.78, 5) is 10.7. The second-order valence-electron chi connectivity index (χ2n) is 3.90. The lowest BCUT2D eigenvalue weighted by molar-refractivity contribution is -0.137. The smallest absolute Gasteiger partial charge is 0.325 e. The molecule has 0 aliphatic carbocycles. The lowest BCUT2D eigenvalue weighted by Crippen LogP contribution is -2.25. The van der Waals surface area contributed by atoms with Gasteiger partial charge in [-0.1, -0.05) is 0 Å². The number of sulfonamides is 1. The van der Waals surface area contributed by atoms with Gasteiger partial charge in [-0.25, -0.2) is 13.1 Å². The monoisotopic (exact) mass is 285 g/mol. The van der Waals surface area contributed by atoms with Crippen LogP contribution in [0.25, 0.3) is 0 Å². The normalized spacial score (nSPS) is 11.2. The minimum absolute atomic E-state index is 0.00534. The molecule has 0 fully saturated rings. The Hall–Kier alpha value is -1.85. The average Bonchev–Trinajstić information content (AvgIpc) is 2.53. The van der Waals surface area contributed by atoms with Crippen molar-refractivity contribution in [3.8, 4) is 12.3 Å². The number of nitrogens with one attached hydrogen (secondary N) is 1. The van der Waals surface area contributed by atoms with Gasteiger partial charge >= 0.3 is 5.97 Å². The highest BCUT2D eigenvalue weighted by Gasteiger charge is 2.24. The second kappa shape index (κ2) is 5.86. The molecule has 1 heterocycles. The van der Waals surface area contributed by atoms with E-state index in [2.05, 4.69) is 15.7 Å². The van der Waals surface area contributed by atoms with Crippen LogP contribution < -0.4 is 4.72 Å². The fourth-order valence-corrected chi connectivity index (χ4v) is 3.12. The zero-order valence-electron chi connectivity index (χ0n) is 10.7. The summed E-state index contributed by atoms with van der Waals surface area (Å²) in [6.07, 6.45) is 5.33. The molecule has 0 bridgehead atoms. The molecule has 0 amide bonds. The minimum Gasteiger partial charge on any atom is -0.480 e. The molecule has 0 unspecified atom stereocenters. The van der Waals surface area contributed by atoms with Crippen molar-refractivity contribution in [2.24, 2.45) is 0 Å². The van der Waals surface area contributed by atoms with Gasteiger partial charge in [0.25, 0.3) is 0 Å². The lowest BCUT2D eigenvalue weighted by Gasteiger charge is -2.06. The molecule has 19 heavy (non-hydrogen) atoms. The number of aliphatic carboxylic acids is 1. The largest absolute Gasteiger partial charge is 0.480 e. The Balaban J connectivity index is 3.10. The minimum atomic E-state index is -3.73. The molecule has 7 nitrogen and oxygen atoms in total. The number of nitrogens with zero attached hydrogens (tertiary/aromatic N) is 2. The maximum Gasteiger partial charge on any atom is 0.325 e. The highest BCUT2D eigenvalue weighted by Crippen LogP contribution is 2.19. The maximum atomic E-state index is 12.1. The van der Waals surface area contributed by atoms with E-state index in [0.29, 0.717) is 0 Å². The van der Waals surface area contributed by atoms with Gasteiger partial charge in [0.1, 0.15) is 11.4 Å². The van der Waals surface area contributed by atoms with Gasteiger partial charge in [-0.3, -0.25) is 9.48 Å². The fraction of sp³-hybridized carbons (Fsp3) is 0.455. The Morgan fingerprint density at radius 3 is 2.68 bits per heavy atom. The molecular formula is C11H15N3O4S. The van der Waals surface area contributed by atoms with Gasteiger partial charge in [0.15, 0.2) is 0 Å². The number of aromatic nitrogens is 2. The molecule has 0 atom stereocenters.